The van der Waals surface area contributed by atoms with Gasteiger partial charge in [-0.25, -0.2) is 4.98 Å². The molecule has 0 aliphatic carbocycles. The van der Waals surface area contributed by atoms with E-state index in [1.165, 1.54) is 15.9 Å². The standard InChI is InChI=1S/C24H23N3O3S2/c1-16-25-23-22(19(15-32-23)20-8-5-11-31-20)24(29)27(16)13-21(28)26-9-10-30-14-18(26)12-17-6-3-2-4-7-17/h2-8,11,15,18H,9-10,12-14H2,1H3. The summed E-state index contributed by atoms with van der Waals surface area (Å²) in [6, 6.07) is 14.0. The number of aromatic nitrogens is 2. The van der Waals surface area contributed by atoms with Gasteiger partial charge in [0.15, 0.2) is 0 Å². The molecular formula is C24H23N3O3S2. The average molecular weight is 466 g/mol. The second-order valence-electron chi connectivity index (χ2n) is 7.86. The van der Waals surface area contributed by atoms with Crippen molar-refractivity contribution in [3.05, 3.63) is 75.0 Å². The van der Waals surface area contributed by atoms with Crippen molar-refractivity contribution in [1.29, 1.82) is 0 Å². The minimum atomic E-state index is -0.154. The van der Waals surface area contributed by atoms with Gasteiger partial charge in [-0.05, 0) is 30.4 Å². The van der Waals surface area contributed by atoms with Gasteiger partial charge < -0.3 is 9.64 Å². The fourth-order valence-corrected chi connectivity index (χ4v) is 5.99. The summed E-state index contributed by atoms with van der Waals surface area (Å²) in [5.74, 6) is 0.483. The molecule has 0 spiro atoms. The number of ether oxygens (including phenoxy) is 1. The molecule has 5 rings (SSSR count). The maximum atomic E-state index is 13.5. The Balaban J connectivity index is 1.45. The zero-order valence-electron chi connectivity index (χ0n) is 17.7. The zero-order valence-corrected chi connectivity index (χ0v) is 19.3. The maximum Gasteiger partial charge on any atom is 0.263 e. The predicted octanol–water partition coefficient (Wildman–Crippen LogP) is 3.97. The van der Waals surface area contributed by atoms with Gasteiger partial charge in [-0.1, -0.05) is 36.4 Å². The van der Waals surface area contributed by atoms with Crippen molar-refractivity contribution in [3.8, 4) is 10.4 Å². The second-order valence-corrected chi connectivity index (χ2v) is 9.67. The highest BCUT2D eigenvalue weighted by Crippen LogP contribution is 2.33. The Hall–Kier alpha value is -2.81. The molecule has 0 saturated carbocycles. The summed E-state index contributed by atoms with van der Waals surface area (Å²) < 4.78 is 7.18. The number of nitrogens with zero attached hydrogens (tertiary/aromatic N) is 3. The number of amides is 1. The third-order valence-electron chi connectivity index (χ3n) is 5.83. The van der Waals surface area contributed by atoms with Gasteiger partial charge >= 0.3 is 0 Å². The summed E-state index contributed by atoms with van der Waals surface area (Å²) >= 11 is 3.06. The zero-order chi connectivity index (χ0) is 22.1. The van der Waals surface area contributed by atoms with E-state index >= 15 is 0 Å². The van der Waals surface area contributed by atoms with Crippen molar-refractivity contribution < 1.29 is 9.53 Å². The summed E-state index contributed by atoms with van der Waals surface area (Å²) in [5, 5.41) is 4.57. The molecule has 1 aliphatic rings. The Kier molecular flexibility index (Phi) is 5.91. The van der Waals surface area contributed by atoms with Crippen molar-refractivity contribution in [1.82, 2.24) is 14.5 Å². The molecule has 1 saturated heterocycles. The molecule has 1 aromatic carbocycles. The van der Waals surface area contributed by atoms with Crippen LogP contribution in [0.1, 0.15) is 11.4 Å². The molecule has 4 heterocycles. The Bertz CT molecular complexity index is 1300. The van der Waals surface area contributed by atoms with E-state index in [9.17, 15) is 9.59 Å². The smallest absolute Gasteiger partial charge is 0.263 e. The minimum Gasteiger partial charge on any atom is -0.377 e. The van der Waals surface area contributed by atoms with Gasteiger partial charge in [-0.15, -0.1) is 22.7 Å². The SMILES string of the molecule is Cc1nc2scc(-c3cccs3)c2c(=O)n1CC(=O)N1CCOCC1Cc1ccccc1. The first-order valence-electron chi connectivity index (χ1n) is 10.6. The van der Waals surface area contributed by atoms with Crippen LogP contribution >= 0.6 is 22.7 Å². The number of aryl methyl sites for hydroxylation is 1. The molecule has 4 aromatic rings. The Morgan fingerprint density at radius 1 is 1.19 bits per heavy atom. The van der Waals surface area contributed by atoms with Crippen LogP contribution in [-0.2, 0) is 22.5 Å². The largest absolute Gasteiger partial charge is 0.377 e. The van der Waals surface area contributed by atoms with Crippen LogP contribution in [0, 0.1) is 6.92 Å². The number of carbonyl (C=O) groups is 1. The van der Waals surface area contributed by atoms with Gasteiger partial charge in [0.1, 0.15) is 17.2 Å². The monoisotopic (exact) mass is 465 g/mol. The normalized spacial score (nSPS) is 16.5. The van der Waals surface area contributed by atoms with Gasteiger partial charge in [-0.2, -0.15) is 0 Å². The summed E-state index contributed by atoms with van der Waals surface area (Å²) in [6.45, 7) is 3.31. The first kappa shape index (κ1) is 21.1. The second kappa shape index (κ2) is 8.97. The van der Waals surface area contributed by atoms with E-state index in [1.54, 1.807) is 18.3 Å². The quantitative estimate of drug-likeness (QED) is 0.448. The van der Waals surface area contributed by atoms with E-state index in [0.717, 1.165) is 22.4 Å². The van der Waals surface area contributed by atoms with Crippen molar-refractivity contribution in [2.24, 2.45) is 0 Å². The first-order chi connectivity index (χ1) is 15.6. The number of fused-ring (bicyclic) bond motifs is 1. The predicted molar refractivity (Wildman–Crippen MR) is 128 cm³/mol. The Labute approximate surface area is 193 Å². The van der Waals surface area contributed by atoms with Crippen LogP contribution in [0.4, 0.5) is 0 Å². The molecule has 1 aliphatic heterocycles. The molecule has 1 unspecified atom stereocenters. The lowest BCUT2D eigenvalue weighted by atomic mass is 10.0. The summed E-state index contributed by atoms with van der Waals surface area (Å²) in [5.41, 5.74) is 1.90. The van der Waals surface area contributed by atoms with E-state index in [4.69, 9.17) is 4.74 Å². The third-order valence-corrected chi connectivity index (χ3v) is 7.60. The molecule has 1 amide bonds. The Morgan fingerprint density at radius 3 is 2.81 bits per heavy atom. The van der Waals surface area contributed by atoms with E-state index in [0.29, 0.717) is 35.8 Å². The van der Waals surface area contributed by atoms with Gasteiger partial charge in [0.25, 0.3) is 5.56 Å². The first-order valence-corrected chi connectivity index (χ1v) is 12.3. The van der Waals surface area contributed by atoms with Crippen LogP contribution in [0.25, 0.3) is 20.7 Å². The van der Waals surface area contributed by atoms with E-state index in [2.05, 4.69) is 17.1 Å². The molecule has 3 aromatic heterocycles. The van der Waals surface area contributed by atoms with Gasteiger partial charge in [0.2, 0.25) is 5.91 Å². The molecule has 6 nitrogen and oxygen atoms in total. The summed E-state index contributed by atoms with van der Waals surface area (Å²) in [6.07, 6.45) is 0.727. The molecule has 32 heavy (non-hydrogen) atoms. The van der Waals surface area contributed by atoms with Crippen LogP contribution in [0.5, 0.6) is 0 Å². The average Bonchev–Trinajstić information content (AvgIpc) is 3.47. The highest BCUT2D eigenvalue weighted by molar-refractivity contribution is 7.18. The van der Waals surface area contributed by atoms with Crippen LogP contribution in [0.2, 0.25) is 0 Å². The summed E-state index contributed by atoms with van der Waals surface area (Å²) in [7, 11) is 0. The van der Waals surface area contributed by atoms with Crippen LogP contribution in [0.3, 0.4) is 0 Å². The number of hydrogen-bond donors (Lipinski definition) is 0. The molecule has 0 bridgehead atoms. The number of benzene rings is 1. The third kappa shape index (κ3) is 4.01. The van der Waals surface area contributed by atoms with Crippen molar-refractivity contribution in [2.45, 2.75) is 25.9 Å². The van der Waals surface area contributed by atoms with E-state index in [-0.39, 0.29) is 24.1 Å². The number of hydrogen-bond acceptors (Lipinski definition) is 6. The van der Waals surface area contributed by atoms with Crippen molar-refractivity contribution in [3.63, 3.8) is 0 Å². The van der Waals surface area contributed by atoms with E-state index in [1.807, 2.05) is 46.0 Å². The number of thiophene rings is 2. The van der Waals surface area contributed by atoms with Gasteiger partial charge in [-0.3, -0.25) is 14.2 Å². The number of carbonyl (C=O) groups excluding carboxylic acids is 1. The van der Waals surface area contributed by atoms with Crippen LogP contribution in [0.15, 0.2) is 58.0 Å². The minimum absolute atomic E-state index is 0.0153. The van der Waals surface area contributed by atoms with Crippen molar-refractivity contribution in [2.75, 3.05) is 19.8 Å². The lowest BCUT2D eigenvalue weighted by molar-refractivity contribution is -0.140. The molecule has 0 radical (unpaired) electrons. The van der Waals surface area contributed by atoms with Gasteiger partial charge in [0, 0.05) is 22.4 Å². The molecule has 1 atom stereocenters. The molecule has 8 heteroatoms. The molecule has 1 fully saturated rings. The number of morpholine rings is 1. The molecule has 0 N–H and O–H groups in total. The van der Waals surface area contributed by atoms with Gasteiger partial charge in [0.05, 0.1) is 24.6 Å². The maximum absolute atomic E-state index is 13.5. The summed E-state index contributed by atoms with van der Waals surface area (Å²) in [4.78, 5) is 35.1. The Morgan fingerprint density at radius 2 is 2.03 bits per heavy atom. The fourth-order valence-electron chi connectivity index (χ4n) is 4.19. The fraction of sp³-hybridized carbons (Fsp3) is 0.292. The highest BCUT2D eigenvalue weighted by atomic mass is 32.1. The highest BCUT2D eigenvalue weighted by Gasteiger charge is 2.28. The van der Waals surface area contributed by atoms with Crippen LogP contribution < -0.4 is 5.56 Å². The lowest BCUT2D eigenvalue weighted by Gasteiger charge is -2.36. The lowest BCUT2D eigenvalue weighted by Crippen LogP contribution is -2.51. The van der Waals surface area contributed by atoms with Crippen LogP contribution in [-0.4, -0.2) is 46.2 Å². The topological polar surface area (TPSA) is 64.4 Å². The van der Waals surface area contributed by atoms with Crippen molar-refractivity contribution >= 4 is 38.8 Å². The molecular weight excluding hydrogens is 442 g/mol. The number of rotatable bonds is 5. The molecule has 164 valence electrons. The van der Waals surface area contributed by atoms with E-state index < -0.39 is 0 Å².